The Balaban J connectivity index is 2.26. The van der Waals surface area contributed by atoms with Gasteiger partial charge in [-0.1, -0.05) is 27.7 Å². The molecule has 0 aromatic carbocycles. The number of hydrogen-bond donors (Lipinski definition) is 0. The van der Waals surface area contributed by atoms with Crippen molar-refractivity contribution in [2.75, 3.05) is 29.5 Å². The normalized spacial score (nSPS) is 16.2. The number of nitrogens with zero attached hydrogens (tertiary/aromatic N) is 4. The van der Waals surface area contributed by atoms with Crippen LogP contribution >= 0.6 is 11.8 Å². The molecule has 0 aliphatic carbocycles. The van der Waals surface area contributed by atoms with Crippen molar-refractivity contribution in [2.24, 2.45) is 0 Å². The summed E-state index contributed by atoms with van der Waals surface area (Å²) in [6.07, 6.45) is 0. The molecule has 0 bridgehead atoms. The molecule has 1 aliphatic rings. The van der Waals surface area contributed by atoms with Crippen LogP contribution in [0.5, 0.6) is 0 Å². The fraction of sp³-hybridized carbons (Fsp3) is 0.647. The maximum atomic E-state index is 4.95. The van der Waals surface area contributed by atoms with Gasteiger partial charge in [0.05, 0.1) is 5.69 Å². The van der Waals surface area contributed by atoms with Crippen molar-refractivity contribution in [3.63, 3.8) is 0 Å². The predicted octanol–water partition coefficient (Wildman–Crippen LogP) is 3.84. The molecule has 5 heteroatoms. The zero-order chi connectivity index (χ0) is 15.9. The van der Waals surface area contributed by atoms with Gasteiger partial charge in [-0.05, 0) is 12.8 Å². The summed E-state index contributed by atoms with van der Waals surface area (Å²) in [4.78, 5) is 12.3. The Morgan fingerprint density at radius 2 is 1.73 bits per heavy atom. The van der Waals surface area contributed by atoms with E-state index in [2.05, 4.69) is 50.0 Å². The van der Waals surface area contributed by atoms with Crippen molar-refractivity contribution in [3.8, 4) is 0 Å². The molecule has 0 amide bonds. The van der Waals surface area contributed by atoms with Crippen molar-refractivity contribution < 1.29 is 0 Å². The summed E-state index contributed by atoms with van der Waals surface area (Å²) in [7, 11) is 0. The van der Waals surface area contributed by atoms with Gasteiger partial charge in [0.25, 0.3) is 0 Å². The van der Waals surface area contributed by atoms with Gasteiger partial charge in [0, 0.05) is 42.3 Å². The average Bonchev–Trinajstić information content (AvgIpc) is 2.87. The average molecular weight is 318 g/mol. The molecule has 0 N–H and O–H groups in total. The highest BCUT2D eigenvalue weighted by Gasteiger charge is 2.23. The van der Waals surface area contributed by atoms with E-state index in [1.165, 1.54) is 17.3 Å². The van der Waals surface area contributed by atoms with Gasteiger partial charge in [0.1, 0.15) is 11.6 Å². The molecule has 4 nitrogen and oxygen atoms in total. The lowest BCUT2D eigenvalue weighted by atomic mass is 10.1. The maximum absolute atomic E-state index is 4.95. The van der Waals surface area contributed by atoms with Crippen LogP contribution in [0.1, 0.15) is 56.7 Å². The van der Waals surface area contributed by atoms with Crippen LogP contribution in [-0.2, 0) is 0 Å². The highest BCUT2D eigenvalue weighted by Crippen LogP contribution is 2.30. The van der Waals surface area contributed by atoms with E-state index in [0.29, 0.717) is 11.8 Å². The van der Waals surface area contributed by atoms with Crippen molar-refractivity contribution in [1.82, 2.24) is 14.4 Å². The third-order valence-corrected chi connectivity index (χ3v) is 5.10. The second-order valence-corrected chi connectivity index (χ2v) is 7.90. The molecule has 120 valence electrons. The predicted molar refractivity (Wildman–Crippen MR) is 95.4 cm³/mol. The van der Waals surface area contributed by atoms with Crippen LogP contribution in [0.15, 0.2) is 6.07 Å². The lowest BCUT2D eigenvalue weighted by Gasteiger charge is -2.30. The largest absolute Gasteiger partial charge is 0.356 e. The maximum Gasteiger partial charge on any atom is 0.162 e. The van der Waals surface area contributed by atoms with Crippen molar-refractivity contribution in [2.45, 2.75) is 46.5 Å². The van der Waals surface area contributed by atoms with Gasteiger partial charge in [-0.25, -0.2) is 9.97 Å². The van der Waals surface area contributed by atoms with E-state index in [1.54, 1.807) is 0 Å². The Bertz CT molecular complexity index is 669. The zero-order valence-electron chi connectivity index (χ0n) is 14.3. The van der Waals surface area contributed by atoms with Crippen molar-refractivity contribution in [1.29, 1.82) is 0 Å². The second kappa shape index (κ2) is 6.11. The molecule has 0 saturated carbocycles. The lowest BCUT2D eigenvalue weighted by Crippen LogP contribution is -2.34. The molecule has 1 saturated heterocycles. The molecule has 2 aromatic heterocycles. The Hall–Kier alpha value is -1.23. The van der Waals surface area contributed by atoms with E-state index < -0.39 is 0 Å². The molecule has 0 radical (unpaired) electrons. The quantitative estimate of drug-likeness (QED) is 0.861. The standard InChI is InChI=1S/C17H26N4S/c1-11(2)15-17-18-13(5)10-14(20-6-8-22-9-7-20)21(17)16(19-15)12(3)4/h10-12H,6-9H2,1-5H3. The van der Waals surface area contributed by atoms with E-state index >= 15 is 0 Å². The van der Waals surface area contributed by atoms with E-state index in [1.807, 2.05) is 11.8 Å². The fourth-order valence-corrected chi connectivity index (χ4v) is 3.93. The van der Waals surface area contributed by atoms with Gasteiger partial charge in [0.15, 0.2) is 5.65 Å². The Morgan fingerprint density at radius 1 is 1.05 bits per heavy atom. The molecule has 1 fully saturated rings. The lowest BCUT2D eigenvalue weighted by molar-refractivity contribution is 0.739. The minimum absolute atomic E-state index is 0.390. The minimum Gasteiger partial charge on any atom is -0.356 e. The number of anilines is 1. The monoisotopic (exact) mass is 318 g/mol. The summed E-state index contributed by atoms with van der Waals surface area (Å²) in [5, 5.41) is 0. The summed E-state index contributed by atoms with van der Waals surface area (Å²) in [6, 6.07) is 2.22. The first-order valence-corrected chi connectivity index (χ1v) is 9.37. The molecular formula is C17H26N4S. The van der Waals surface area contributed by atoms with Gasteiger partial charge in [-0.15, -0.1) is 0 Å². The van der Waals surface area contributed by atoms with Crippen molar-refractivity contribution >= 4 is 23.2 Å². The van der Waals surface area contributed by atoms with E-state index in [9.17, 15) is 0 Å². The zero-order valence-corrected chi connectivity index (χ0v) is 15.1. The van der Waals surface area contributed by atoms with E-state index in [4.69, 9.17) is 9.97 Å². The molecule has 1 aliphatic heterocycles. The number of aromatic nitrogens is 3. The molecule has 0 atom stereocenters. The molecule has 0 spiro atoms. The minimum atomic E-state index is 0.390. The second-order valence-electron chi connectivity index (χ2n) is 6.68. The van der Waals surface area contributed by atoms with Crippen LogP contribution in [0.4, 0.5) is 5.82 Å². The summed E-state index contributed by atoms with van der Waals surface area (Å²) < 4.78 is 2.31. The van der Waals surface area contributed by atoms with Gasteiger partial charge in [-0.3, -0.25) is 4.40 Å². The van der Waals surface area contributed by atoms with Gasteiger partial charge >= 0.3 is 0 Å². The summed E-state index contributed by atoms with van der Waals surface area (Å²) in [6.45, 7) is 13.1. The van der Waals surface area contributed by atoms with Crippen LogP contribution in [0.3, 0.4) is 0 Å². The highest BCUT2D eigenvalue weighted by molar-refractivity contribution is 7.99. The molecule has 3 rings (SSSR count). The van der Waals surface area contributed by atoms with Crippen LogP contribution in [0.2, 0.25) is 0 Å². The molecule has 0 unspecified atom stereocenters. The number of imidazole rings is 1. The number of rotatable bonds is 3. The Labute approximate surface area is 137 Å². The first-order valence-electron chi connectivity index (χ1n) is 8.21. The third kappa shape index (κ3) is 2.71. The van der Waals surface area contributed by atoms with Crippen LogP contribution in [0.25, 0.3) is 5.65 Å². The van der Waals surface area contributed by atoms with Crippen molar-refractivity contribution in [3.05, 3.63) is 23.3 Å². The number of thioether (sulfide) groups is 1. The first kappa shape index (κ1) is 15.7. The Morgan fingerprint density at radius 3 is 2.32 bits per heavy atom. The number of aryl methyl sites for hydroxylation is 1. The molecular weight excluding hydrogens is 292 g/mol. The molecule has 2 aromatic rings. The summed E-state index contributed by atoms with van der Waals surface area (Å²) in [5.74, 6) is 5.59. The van der Waals surface area contributed by atoms with E-state index in [0.717, 1.165) is 35.9 Å². The highest BCUT2D eigenvalue weighted by atomic mass is 32.2. The van der Waals surface area contributed by atoms with Gasteiger partial charge < -0.3 is 4.90 Å². The SMILES string of the molecule is Cc1cc(N2CCSCC2)n2c(C(C)C)nc(C(C)C)c2n1. The number of hydrogen-bond acceptors (Lipinski definition) is 4. The van der Waals surface area contributed by atoms with Gasteiger partial charge in [-0.2, -0.15) is 11.8 Å². The topological polar surface area (TPSA) is 33.4 Å². The fourth-order valence-electron chi connectivity index (χ4n) is 3.03. The van der Waals surface area contributed by atoms with Gasteiger partial charge in [0.2, 0.25) is 0 Å². The van der Waals surface area contributed by atoms with E-state index in [-0.39, 0.29) is 0 Å². The first-order chi connectivity index (χ1) is 10.5. The smallest absolute Gasteiger partial charge is 0.162 e. The molecule has 22 heavy (non-hydrogen) atoms. The summed E-state index contributed by atoms with van der Waals surface area (Å²) in [5.41, 5.74) is 3.25. The van der Waals surface area contributed by atoms with Crippen LogP contribution in [-0.4, -0.2) is 39.0 Å². The number of fused-ring (bicyclic) bond motifs is 1. The Kier molecular flexibility index (Phi) is 4.35. The summed E-state index contributed by atoms with van der Waals surface area (Å²) >= 11 is 2.04. The van der Waals surface area contributed by atoms with Crippen LogP contribution in [0, 0.1) is 6.92 Å². The molecule has 3 heterocycles. The van der Waals surface area contributed by atoms with Crippen LogP contribution < -0.4 is 4.90 Å². The third-order valence-electron chi connectivity index (χ3n) is 4.15.